The van der Waals surface area contributed by atoms with Gasteiger partial charge in [-0.05, 0) is 46.6 Å². The molecule has 0 aromatic carbocycles. The number of esters is 1. The first kappa shape index (κ1) is 12.8. The van der Waals surface area contributed by atoms with Gasteiger partial charge in [-0.3, -0.25) is 4.79 Å². The first-order chi connectivity index (χ1) is 7.27. The quantitative estimate of drug-likeness (QED) is 0.782. The van der Waals surface area contributed by atoms with Crippen molar-refractivity contribution in [1.29, 1.82) is 0 Å². The molecule has 0 saturated carbocycles. The highest BCUT2D eigenvalue weighted by Crippen LogP contribution is 2.26. The third kappa shape index (κ3) is 2.46. The van der Waals surface area contributed by atoms with Gasteiger partial charge in [0.25, 0.3) is 0 Å². The van der Waals surface area contributed by atoms with Gasteiger partial charge in [0.15, 0.2) is 0 Å². The second kappa shape index (κ2) is 4.32. The fraction of sp³-hybridized carbons (Fsp3) is 0.615. The van der Waals surface area contributed by atoms with Gasteiger partial charge in [0.05, 0.1) is 5.41 Å². The maximum absolute atomic E-state index is 11.8. The zero-order valence-corrected chi connectivity index (χ0v) is 11.0. The Morgan fingerprint density at radius 2 is 1.88 bits per heavy atom. The number of aryl methyl sites for hydroxylation is 1. The van der Waals surface area contributed by atoms with Crippen LogP contribution in [-0.4, -0.2) is 11.0 Å². The molecule has 3 nitrogen and oxygen atoms in total. The molecule has 0 fully saturated rings. The first-order valence-electron chi connectivity index (χ1n) is 5.67. The van der Waals surface area contributed by atoms with E-state index in [0.29, 0.717) is 5.88 Å². The van der Waals surface area contributed by atoms with E-state index in [9.17, 15) is 4.79 Å². The summed E-state index contributed by atoms with van der Waals surface area (Å²) in [6.07, 6.45) is 0.946. The van der Waals surface area contributed by atoms with E-state index in [4.69, 9.17) is 4.74 Å². The van der Waals surface area contributed by atoms with Crippen LogP contribution in [0.4, 0.5) is 0 Å². The van der Waals surface area contributed by atoms with E-state index >= 15 is 0 Å². The van der Waals surface area contributed by atoms with Gasteiger partial charge in [-0.1, -0.05) is 6.92 Å². The van der Waals surface area contributed by atoms with Gasteiger partial charge in [0.2, 0.25) is 5.88 Å². The van der Waals surface area contributed by atoms with Gasteiger partial charge in [-0.25, -0.2) is 0 Å². The summed E-state index contributed by atoms with van der Waals surface area (Å²) >= 11 is 0. The van der Waals surface area contributed by atoms with Crippen LogP contribution in [-0.2, 0) is 11.2 Å². The van der Waals surface area contributed by atoms with Crippen molar-refractivity contribution < 1.29 is 9.53 Å². The summed E-state index contributed by atoms with van der Waals surface area (Å²) in [5, 5.41) is 0. The predicted octanol–water partition coefficient (Wildman–Crippen LogP) is 3.15. The van der Waals surface area contributed by atoms with Crippen LogP contribution in [0.3, 0.4) is 0 Å². The second-order valence-electron chi connectivity index (χ2n) is 5.18. The van der Waals surface area contributed by atoms with E-state index in [1.54, 1.807) is 0 Å². The largest absolute Gasteiger partial charge is 0.409 e. The summed E-state index contributed by atoms with van der Waals surface area (Å²) < 4.78 is 5.38. The second-order valence-corrected chi connectivity index (χ2v) is 5.18. The topological polar surface area (TPSA) is 42.1 Å². The van der Waals surface area contributed by atoms with E-state index in [1.807, 2.05) is 34.6 Å². The maximum atomic E-state index is 11.8. The average molecular weight is 223 g/mol. The molecule has 0 aliphatic rings. The lowest BCUT2D eigenvalue weighted by Crippen LogP contribution is -2.25. The molecule has 0 radical (unpaired) electrons. The molecule has 1 N–H and O–H groups in total. The molecule has 1 rings (SSSR count). The molecule has 0 bridgehead atoms. The Morgan fingerprint density at radius 3 is 2.25 bits per heavy atom. The number of aromatic amines is 1. The van der Waals surface area contributed by atoms with Crippen LogP contribution in [0, 0.1) is 19.3 Å². The molecule has 0 atom stereocenters. The van der Waals surface area contributed by atoms with Crippen molar-refractivity contribution in [3.8, 4) is 5.88 Å². The van der Waals surface area contributed by atoms with Crippen LogP contribution >= 0.6 is 0 Å². The molecule has 0 amide bonds. The SMILES string of the molecule is CCc1c(C)[nH]c(OC(=O)C(C)(C)C)c1C. The van der Waals surface area contributed by atoms with Gasteiger partial charge >= 0.3 is 5.97 Å². The Kier molecular flexibility index (Phi) is 3.46. The summed E-state index contributed by atoms with van der Waals surface area (Å²) in [5.41, 5.74) is 2.88. The number of aromatic nitrogens is 1. The highest BCUT2D eigenvalue weighted by atomic mass is 16.5. The van der Waals surface area contributed by atoms with Gasteiger partial charge < -0.3 is 9.72 Å². The number of H-pyrrole nitrogens is 1. The number of hydrogen-bond donors (Lipinski definition) is 1. The fourth-order valence-electron chi connectivity index (χ4n) is 1.64. The van der Waals surface area contributed by atoms with Crippen LogP contribution in [0.25, 0.3) is 0 Å². The Labute approximate surface area is 97.2 Å². The van der Waals surface area contributed by atoms with Crippen molar-refractivity contribution >= 4 is 5.97 Å². The molecule has 1 aromatic rings. The van der Waals surface area contributed by atoms with Gasteiger partial charge in [-0.15, -0.1) is 0 Å². The number of nitrogens with one attached hydrogen (secondary N) is 1. The van der Waals surface area contributed by atoms with Crippen LogP contribution in [0.1, 0.15) is 44.5 Å². The Balaban J connectivity index is 2.95. The van der Waals surface area contributed by atoms with Crippen LogP contribution in [0.2, 0.25) is 0 Å². The highest BCUT2D eigenvalue weighted by Gasteiger charge is 2.25. The third-order valence-electron chi connectivity index (χ3n) is 2.71. The first-order valence-corrected chi connectivity index (χ1v) is 5.67. The zero-order valence-electron chi connectivity index (χ0n) is 11.0. The number of hydrogen-bond acceptors (Lipinski definition) is 2. The lowest BCUT2D eigenvalue weighted by atomic mass is 9.97. The summed E-state index contributed by atoms with van der Waals surface area (Å²) in [6, 6.07) is 0. The standard InChI is InChI=1S/C13H21NO2/c1-7-10-8(2)11(14-9(10)3)16-12(15)13(4,5)6/h14H,7H2,1-6H3. The summed E-state index contributed by atoms with van der Waals surface area (Å²) in [5.74, 6) is 0.383. The van der Waals surface area contributed by atoms with E-state index in [1.165, 1.54) is 5.56 Å². The molecule has 0 spiro atoms. The molecule has 0 aliphatic carbocycles. The Hall–Kier alpha value is -1.25. The summed E-state index contributed by atoms with van der Waals surface area (Å²) in [7, 11) is 0. The van der Waals surface area contributed by atoms with Gasteiger partial charge in [0.1, 0.15) is 0 Å². The van der Waals surface area contributed by atoms with Gasteiger partial charge in [0, 0.05) is 11.3 Å². The van der Waals surface area contributed by atoms with Crippen molar-refractivity contribution in [3.05, 3.63) is 16.8 Å². The number of carbonyl (C=O) groups is 1. The number of ether oxygens (including phenoxy) is 1. The molecule has 3 heteroatoms. The maximum Gasteiger partial charge on any atom is 0.317 e. The van der Waals surface area contributed by atoms with E-state index in [-0.39, 0.29) is 5.97 Å². The Bertz CT molecular complexity index is 397. The molecular weight excluding hydrogens is 202 g/mol. The smallest absolute Gasteiger partial charge is 0.317 e. The Morgan fingerprint density at radius 1 is 1.31 bits per heavy atom. The number of carbonyl (C=O) groups excluding carboxylic acids is 1. The lowest BCUT2D eigenvalue weighted by Gasteiger charge is -2.15. The third-order valence-corrected chi connectivity index (χ3v) is 2.71. The zero-order chi connectivity index (χ0) is 12.5. The van der Waals surface area contributed by atoms with Gasteiger partial charge in [-0.2, -0.15) is 0 Å². The normalized spacial score (nSPS) is 11.6. The highest BCUT2D eigenvalue weighted by molar-refractivity contribution is 5.77. The molecule has 16 heavy (non-hydrogen) atoms. The van der Waals surface area contributed by atoms with Crippen molar-refractivity contribution in [1.82, 2.24) is 4.98 Å². The van der Waals surface area contributed by atoms with Crippen LogP contribution < -0.4 is 4.74 Å². The van der Waals surface area contributed by atoms with E-state index < -0.39 is 5.41 Å². The minimum absolute atomic E-state index is 0.209. The van der Waals surface area contributed by atoms with Crippen molar-refractivity contribution in [2.75, 3.05) is 0 Å². The average Bonchev–Trinajstić information content (AvgIpc) is 2.40. The molecule has 1 heterocycles. The summed E-state index contributed by atoms with van der Waals surface area (Å²) in [4.78, 5) is 14.9. The molecule has 90 valence electrons. The van der Waals surface area contributed by atoms with Crippen molar-refractivity contribution in [2.24, 2.45) is 5.41 Å². The molecule has 0 aliphatic heterocycles. The van der Waals surface area contributed by atoms with Crippen LogP contribution in [0.5, 0.6) is 5.88 Å². The molecule has 1 aromatic heterocycles. The minimum atomic E-state index is -0.474. The molecular formula is C13H21NO2. The molecule has 0 unspecified atom stereocenters. The van der Waals surface area contributed by atoms with E-state index in [0.717, 1.165) is 17.7 Å². The van der Waals surface area contributed by atoms with Crippen LogP contribution in [0.15, 0.2) is 0 Å². The minimum Gasteiger partial charge on any atom is -0.409 e. The summed E-state index contributed by atoms with van der Waals surface area (Å²) in [6.45, 7) is 11.6. The number of rotatable bonds is 2. The molecule has 0 saturated heterocycles. The van der Waals surface area contributed by atoms with Crippen molar-refractivity contribution in [2.45, 2.75) is 48.0 Å². The fourth-order valence-corrected chi connectivity index (χ4v) is 1.64. The van der Waals surface area contributed by atoms with E-state index in [2.05, 4.69) is 11.9 Å². The lowest BCUT2D eigenvalue weighted by molar-refractivity contribution is -0.143. The monoisotopic (exact) mass is 223 g/mol. The predicted molar refractivity (Wildman–Crippen MR) is 64.7 cm³/mol. The van der Waals surface area contributed by atoms with Crippen molar-refractivity contribution in [3.63, 3.8) is 0 Å².